The predicted molar refractivity (Wildman–Crippen MR) is 104 cm³/mol. The van der Waals surface area contributed by atoms with Crippen LogP contribution in [0, 0.1) is 13.8 Å². The molecule has 2 rings (SSSR count). The van der Waals surface area contributed by atoms with Crippen LogP contribution in [0.2, 0.25) is 0 Å². The van der Waals surface area contributed by atoms with Crippen molar-refractivity contribution < 1.29 is 32.7 Å². The lowest BCUT2D eigenvalue weighted by molar-refractivity contribution is -0.132. The Kier molecular flexibility index (Phi) is 7.93. The number of ether oxygens (including phenoxy) is 2. The Morgan fingerprint density at radius 1 is 0.786 bits per heavy atom. The first-order chi connectivity index (χ1) is 13.2. The maximum Gasteiger partial charge on any atom is 0.319 e. The molecule has 0 atom stereocenters. The van der Waals surface area contributed by atoms with Crippen LogP contribution in [0.15, 0.2) is 36.4 Å². The number of hydrogen-bond donors (Lipinski definition) is 0. The van der Waals surface area contributed by atoms with Gasteiger partial charge in [-0.2, -0.15) is 0 Å². The second-order valence-corrected chi connectivity index (χ2v) is 7.29. The topological polar surface area (TPSA) is 88.1 Å². The van der Waals surface area contributed by atoms with Gasteiger partial charge in [0.2, 0.25) is 0 Å². The number of carbonyl (C=O) groups is 2. The summed E-state index contributed by atoms with van der Waals surface area (Å²) in [6.45, 7) is 6.52. The van der Waals surface area contributed by atoms with E-state index >= 15 is 0 Å². The highest BCUT2D eigenvalue weighted by Gasteiger charge is 2.08. The van der Waals surface area contributed by atoms with E-state index in [9.17, 15) is 14.2 Å². The van der Waals surface area contributed by atoms with Crippen LogP contribution >= 0.6 is 8.25 Å². The third-order valence-corrected chi connectivity index (χ3v) is 4.46. The number of esters is 2. The summed E-state index contributed by atoms with van der Waals surface area (Å²) in [5, 5.41) is 0. The van der Waals surface area contributed by atoms with E-state index in [1.807, 2.05) is 13.8 Å². The van der Waals surface area contributed by atoms with E-state index in [0.29, 0.717) is 11.5 Å². The first kappa shape index (κ1) is 21.8. The van der Waals surface area contributed by atoms with Crippen molar-refractivity contribution in [3.05, 3.63) is 58.7 Å². The van der Waals surface area contributed by atoms with Crippen LogP contribution in [0.3, 0.4) is 0 Å². The highest BCUT2D eigenvalue weighted by molar-refractivity contribution is 7.33. The quantitative estimate of drug-likeness (QED) is 0.367. The van der Waals surface area contributed by atoms with E-state index in [2.05, 4.69) is 0 Å². The van der Waals surface area contributed by atoms with E-state index < -0.39 is 8.25 Å². The molecule has 2 aromatic carbocycles. The molecule has 7 nitrogen and oxygen atoms in total. The summed E-state index contributed by atoms with van der Waals surface area (Å²) in [7, 11) is -2.69. The van der Waals surface area contributed by atoms with Crippen LogP contribution in [0.25, 0.3) is 0 Å². The summed E-state index contributed by atoms with van der Waals surface area (Å²) in [5.74, 6) is 0.184. The van der Waals surface area contributed by atoms with Gasteiger partial charge in [-0.05, 0) is 48.2 Å². The minimum atomic E-state index is -2.69. The fourth-order valence-corrected chi connectivity index (χ4v) is 3.12. The highest BCUT2D eigenvalue weighted by atomic mass is 31.1. The van der Waals surface area contributed by atoms with Crippen molar-refractivity contribution in [3.8, 4) is 11.5 Å². The minimum Gasteiger partial charge on any atom is -0.426 e. The van der Waals surface area contributed by atoms with Crippen LogP contribution in [-0.4, -0.2) is 11.9 Å². The summed E-state index contributed by atoms with van der Waals surface area (Å²) in [4.78, 5) is 22.0. The van der Waals surface area contributed by atoms with E-state index in [0.717, 1.165) is 22.3 Å². The Morgan fingerprint density at radius 2 is 1.18 bits per heavy atom. The number of rotatable bonds is 8. The summed E-state index contributed by atoms with van der Waals surface area (Å²) < 4.78 is 32.7. The van der Waals surface area contributed by atoms with Crippen molar-refractivity contribution in [1.82, 2.24) is 0 Å². The fourth-order valence-electron chi connectivity index (χ4n) is 2.47. The van der Waals surface area contributed by atoms with Crippen LogP contribution in [-0.2, 0) is 36.4 Å². The number of benzene rings is 2. The van der Waals surface area contributed by atoms with E-state index in [1.54, 1.807) is 36.4 Å². The number of aryl methyl sites for hydroxylation is 2. The van der Waals surface area contributed by atoms with Crippen molar-refractivity contribution in [2.24, 2.45) is 0 Å². The summed E-state index contributed by atoms with van der Waals surface area (Å²) in [6.07, 6.45) is 0. The van der Waals surface area contributed by atoms with Gasteiger partial charge < -0.3 is 18.5 Å². The summed E-state index contributed by atoms with van der Waals surface area (Å²) in [5.41, 5.74) is 3.13. The van der Waals surface area contributed by atoms with Gasteiger partial charge in [-0.1, -0.05) is 24.3 Å². The van der Waals surface area contributed by atoms with Crippen LogP contribution in [0.5, 0.6) is 11.5 Å². The van der Waals surface area contributed by atoms with Gasteiger partial charge in [-0.15, -0.1) is 0 Å². The van der Waals surface area contributed by atoms with Crippen LogP contribution in [0.1, 0.15) is 36.1 Å². The maximum absolute atomic E-state index is 12.0. The molecule has 0 amide bonds. The van der Waals surface area contributed by atoms with Crippen molar-refractivity contribution in [2.45, 2.75) is 40.9 Å². The molecule has 0 saturated heterocycles. The zero-order valence-electron chi connectivity index (χ0n) is 16.2. The van der Waals surface area contributed by atoms with Gasteiger partial charge in [0.1, 0.15) is 11.5 Å². The molecule has 0 unspecified atom stereocenters. The Bertz CT molecular complexity index is 821. The van der Waals surface area contributed by atoms with Crippen molar-refractivity contribution in [1.29, 1.82) is 0 Å². The zero-order valence-corrected chi connectivity index (χ0v) is 17.2. The molecule has 150 valence electrons. The van der Waals surface area contributed by atoms with Crippen molar-refractivity contribution >= 4 is 20.2 Å². The lowest BCUT2D eigenvalue weighted by Gasteiger charge is -2.10. The Morgan fingerprint density at radius 3 is 1.50 bits per heavy atom. The minimum absolute atomic E-state index is 0.114. The van der Waals surface area contributed by atoms with Gasteiger partial charge >= 0.3 is 20.2 Å². The van der Waals surface area contributed by atoms with Gasteiger partial charge in [0, 0.05) is 13.8 Å². The van der Waals surface area contributed by atoms with E-state index in [1.165, 1.54) is 13.8 Å². The standard InChI is InChI=1S/C20H23O7P/c1-13-9-17(5-7-19(13)26-15(3)21)11-24-28(23)25-12-18-6-8-20(14(2)10-18)27-16(4)22/h5-10,28H,11-12H2,1-4H3. The molecule has 0 spiro atoms. The first-order valence-corrected chi connectivity index (χ1v) is 9.82. The molecule has 0 fully saturated rings. The van der Waals surface area contributed by atoms with Gasteiger partial charge in [0.25, 0.3) is 0 Å². The molecule has 2 aromatic rings. The number of carbonyl (C=O) groups excluding carboxylic acids is 2. The average molecular weight is 406 g/mol. The predicted octanol–water partition coefficient (Wildman–Crippen LogP) is 4.28. The van der Waals surface area contributed by atoms with Crippen LogP contribution < -0.4 is 9.47 Å². The van der Waals surface area contributed by atoms with E-state index in [4.69, 9.17) is 18.5 Å². The Balaban J connectivity index is 1.84. The molecule has 0 bridgehead atoms. The summed E-state index contributed by atoms with van der Waals surface area (Å²) in [6, 6.07) is 10.4. The van der Waals surface area contributed by atoms with Gasteiger partial charge in [0.05, 0.1) is 13.2 Å². The molecule has 0 saturated carbocycles. The van der Waals surface area contributed by atoms with Crippen LogP contribution in [0.4, 0.5) is 0 Å². The molecule has 0 aliphatic heterocycles. The molecule has 0 heterocycles. The molecular formula is C20H23O7P. The molecule has 0 N–H and O–H groups in total. The largest absolute Gasteiger partial charge is 0.426 e. The Labute approximate surface area is 164 Å². The zero-order chi connectivity index (χ0) is 20.7. The first-order valence-electron chi connectivity index (χ1n) is 8.60. The van der Waals surface area contributed by atoms with Gasteiger partial charge in [-0.3, -0.25) is 14.2 Å². The second-order valence-electron chi connectivity index (χ2n) is 6.21. The molecule has 28 heavy (non-hydrogen) atoms. The van der Waals surface area contributed by atoms with Gasteiger partial charge in [-0.25, -0.2) is 0 Å². The molecular weight excluding hydrogens is 383 g/mol. The Hall–Kier alpha value is -2.47. The lowest BCUT2D eigenvalue weighted by atomic mass is 10.1. The SMILES string of the molecule is CC(=O)Oc1ccc(CO[PH](=O)OCc2ccc(OC(C)=O)c(C)c2)cc1C. The fraction of sp³-hybridized carbons (Fsp3) is 0.300. The van der Waals surface area contributed by atoms with Crippen molar-refractivity contribution in [2.75, 3.05) is 0 Å². The maximum atomic E-state index is 12.0. The molecule has 0 radical (unpaired) electrons. The molecule has 8 heteroatoms. The lowest BCUT2D eigenvalue weighted by Crippen LogP contribution is -2.03. The normalized spacial score (nSPS) is 10.8. The molecule has 0 aromatic heterocycles. The number of hydrogen-bond acceptors (Lipinski definition) is 7. The monoisotopic (exact) mass is 406 g/mol. The van der Waals surface area contributed by atoms with Gasteiger partial charge in [0.15, 0.2) is 0 Å². The second kappa shape index (κ2) is 10.2. The smallest absolute Gasteiger partial charge is 0.319 e. The highest BCUT2D eigenvalue weighted by Crippen LogP contribution is 2.29. The van der Waals surface area contributed by atoms with E-state index in [-0.39, 0.29) is 25.2 Å². The third-order valence-electron chi connectivity index (χ3n) is 3.70. The van der Waals surface area contributed by atoms with Crippen molar-refractivity contribution in [3.63, 3.8) is 0 Å². The molecule has 0 aliphatic carbocycles. The third kappa shape index (κ3) is 6.93. The summed E-state index contributed by atoms with van der Waals surface area (Å²) >= 11 is 0. The molecule has 0 aliphatic rings. The average Bonchev–Trinajstić information content (AvgIpc) is 2.61.